The Kier molecular flexibility index (Phi) is 4.84. The summed E-state index contributed by atoms with van der Waals surface area (Å²) in [5, 5.41) is 0. The van der Waals surface area contributed by atoms with Gasteiger partial charge in [0.05, 0.1) is 19.1 Å². The Labute approximate surface area is 124 Å². The van der Waals surface area contributed by atoms with Crippen LogP contribution in [0.2, 0.25) is 0 Å². The number of ether oxygens (including phenoxy) is 2. The zero-order valence-corrected chi connectivity index (χ0v) is 12.9. The molecular formula is C14H19NO5S. The van der Waals surface area contributed by atoms with E-state index in [1.54, 1.807) is 12.1 Å². The highest BCUT2D eigenvalue weighted by molar-refractivity contribution is 7.89. The van der Waals surface area contributed by atoms with Crippen molar-refractivity contribution in [1.82, 2.24) is 4.31 Å². The lowest BCUT2D eigenvalue weighted by molar-refractivity contribution is -0.146. The summed E-state index contributed by atoms with van der Waals surface area (Å²) in [4.78, 5) is 12.0. The number of carbonyl (C=O) groups is 1. The van der Waals surface area contributed by atoms with Gasteiger partial charge in [-0.1, -0.05) is 0 Å². The van der Waals surface area contributed by atoms with Crippen molar-refractivity contribution in [3.8, 4) is 5.75 Å². The van der Waals surface area contributed by atoms with Crippen LogP contribution in [0.4, 0.5) is 0 Å². The number of methoxy groups -OCH3 is 2. The molecule has 1 heterocycles. The summed E-state index contributed by atoms with van der Waals surface area (Å²) in [6.45, 7) is 0.328. The molecule has 1 saturated heterocycles. The highest BCUT2D eigenvalue weighted by atomic mass is 32.2. The van der Waals surface area contributed by atoms with Crippen molar-refractivity contribution in [1.29, 1.82) is 0 Å². The first kappa shape index (κ1) is 15.8. The molecule has 0 N–H and O–H groups in total. The molecule has 1 aromatic rings. The van der Waals surface area contributed by atoms with Crippen LogP contribution < -0.4 is 4.74 Å². The number of sulfonamides is 1. The number of nitrogens with zero attached hydrogens (tertiary/aromatic N) is 1. The fourth-order valence-electron chi connectivity index (χ4n) is 2.45. The summed E-state index contributed by atoms with van der Waals surface area (Å²) in [5.74, 6) is 0.0731. The number of hydrogen-bond donors (Lipinski definition) is 0. The molecule has 0 amide bonds. The van der Waals surface area contributed by atoms with Crippen LogP contribution in [0, 0.1) is 0 Å². The number of rotatable bonds is 4. The average Bonchev–Trinajstić information content (AvgIpc) is 2.54. The van der Waals surface area contributed by atoms with Gasteiger partial charge >= 0.3 is 5.97 Å². The summed E-state index contributed by atoms with van der Waals surface area (Å²) < 4.78 is 36.4. The van der Waals surface area contributed by atoms with Crippen LogP contribution in [0.3, 0.4) is 0 Å². The maximum atomic E-state index is 12.7. The molecule has 0 aromatic heterocycles. The van der Waals surface area contributed by atoms with Crippen LogP contribution >= 0.6 is 0 Å². The quantitative estimate of drug-likeness (QED) is 0.786. The van der Waals surface area contributed by atoms with Gasteiger partial charge in [-0.3, -0.25) is 4.79 Å². The molecule has 0 saturated carbocycles. The van der Waals surface area contributed by atoms with E-state index in [-0.39, 0.29) is 4.90 Å². The van der Waals surface area contributed by atoms with Crippen molar-refractivity contribution in [2.75, 3.05) is 20.8 Å². The predicted molar refractivity (Wildman–Crippen MR) is 76.5 cm³/mol. The van der Waals surface area contributed by atoms with Crippen LogP contribution in [0.1, 0.15) is 19.3 Å². The molecule has 2 rings (SSSR count). The van der Waals surface area contributed by atoms with Gasteiger partial charge in [0, 0.05) is 6.54 Å². The van der Waals surface area contributed by atoms with Crippen LogP contribution in [0.5, 0.6) is 5.75 Å². The van der Waals surface area contributed by atoms with E-state index in [2.05, 4.69) is 0 Å². The molecule has 116 valence electrons. The zero-order chi connectivity index (χ0) is 15.5. The second-order valence-electron chi connectivity index (χ2n) is 4.83. The van der Waals surface area contributed by atoms with Gasteiger partial charge in [0.25, 0.3) is 0 Å². The Morgan fingerprint density at radius 3 is 2.43 bits per heavy atom. The van der Waals surface area contributed by atoms with E-state index in [0.29, 0.717) is 18.7 Å². The highest BCUT2D eigenvalue weighted by Gasteiger charge is 2.38. The maximum Gasteiger partial charge on any atom is 0.324 e. The largest absolute Gasteiger partial charge is 0.497 e. The lowest BCUT2D eigenvalue weighted by atomic mass is 10.1. The molecule has 1 aliphatic rings. The molecule has 1 atom stereocenters. The van der Waals surface area contributed by atoms with E-state index < -0.39 is 22.0 Å². The van der Waals surface area contributed by atoms with Gasteiger partial charge in [-0.15, -0.1) is 0 Å². The summed E-state index contributed by atoms with van der Waals surface area (Å²) in [6, 6.07) is 5.40. The molecule has 7 heteroatoms. The van der Waals surface area contributed by atoms with Gasteiger partial charge in [-0.25, -0.2) is 8.42 Å². The third-order valence-corrected chi connectivity index (χ3v) is 5.52. The Morgan fingerprint density at radius 2 is 1.86 bits per heavy atom. The highest BCUT2D eigenvalue weighted by Crippen LogP contribution is 2.27. The van der Waals surface area contributed by atoms with E-state index in [4.69, 9.17) is 9.47 Å². The minimum Gasteiger partial charge on any atom is -0.497 e. The van der Waals surface area contributed by atoms with E-state index >= 15 is 0 Å². The van der Waals surface area contributed by atoms with Gasteiger partial charge in [0.2, 0.25) is 10.0 Å². The molecular weight excluding hydrogens is 294 g/mol. The first-order valence-electron chi connectivity index (χ1n) is 6.74. The van der Waals surface area contributed by atoms with E-state index in [1.807, 2.05) is 0 Å². The molecule has 0 aliphatic carbocycles. The van der Waals surface area contributed by atoms with Crippen LogP contribution in [0.25, 0.3) is 0 Å². The maximum absolute atomic E-state index is 12.7. The average molecular weight is 313 g/mol. The SMILES string of the molecule is COC(=O)[C@H]1CCCCN1S(=O)(=O)c1ccc(OC)cc1. The monoisotopic (exact) mass is 313 g/mol. The molecule has 6 nitrogen and oxygen atoms in total. The number of carbonyl (C=O) groups excluding carboxylic acids is 1. The molecule has 0 radical (unpaired) electrons. The zero-order valence-electron chi connectivity index (χ0n) is 12.1. The van der Waals surface area contributed by atoms with Crippen molar-refractivity contribution in [2.45, 2.75) is 30.2 Å². The van der Waals surface area contributed by atoms with Crippen molar-refractivity contribution in [3.63, 3.8) is 0 Å². The van der Waals surface area contributed by atoms with Crippen LogP contribution in [-0.2, 0) is 19.6 Å². The van der Waals surface area contributed by atoms with E-state index in [1.165, 1.54) is 30.7 Å². The van der Waals surface area contributed by atoms with Gasteiger partial charge in [-0.2, -0.15) is 4.31 Å². The molecule has 21 heavy (non-hydrogen) atoms. The van der Waals surface area contributed by atoms with E-state index in [0.717, 1.165) is 12.8 Å². The van der Waals surface area contributed by atoms with Gasteiger partial charge < -0.3 is 9.47 Å². The third kappa shape index (κ3) is 3.19. The van der Waals surface area contributed by atoms with Crippen molar-refractivity contribution in [2.24, 2.45) is 0 Å². The summed E-state index contributed by atoms with van der Waals surface area (Å²) in [7, 11) is -0.926. The third-order valence-electron chi connectivity index (χ3n) is 3.59. The molecule has 0 spiro atoms. The summed E-state index contributed by atoms with van der Waals surface area (Å²) >= 11 is 0. The molecule has 0 bridgehead atoms. The smallest absolute Gasteiger partial charge is 0.324 e. The minimum atomic E-state index is -3.71. The number of piperidine rings is 1. The Balaban J connectivity index is 2.33. The number of benzene rings is 1. The standard InChI is InChI=1S/C14H19NO5S/c1-19-11-6-8-12(9-7-11)21(17,18)15-10-4-3-5-13(15)14(16)20-2/h6-9,13H,3-5,10H2,1-2H3/t13-/m1/s1. The normalized spacial score (nSPS) is 20.0. The molecule has 0 unspecified atom stereocenters. The first-order valence-corrected chi connectivity index (χ1v) is 8.18. The molecule has 1 fully saturated rings. The summed E-state index contributed by atoms with van der Waals surface area (Å²) in [5.41, 5.74) is 0. The van der Waals surface area contributed by atoms with Gasteiger partial charge in [-0.05, 0) is 43.5 Å². The Morgan fingerprint density at radius 1 is 1.19 bits per heavy atom. The van der Waals surface area contributed by atoms with Gasteiger partial charge in [0.15, 0.2) is 0 Å². The van der Waals surface area contributed by atoms with E-state index in [9.17, 15) is 13.2 Å². The predicted octanol–water partition coefficient (Wildman–Crippen LogP) is 1.41. The second kappa shape index (κ2) is 6.44. The van der Waals surface area contributed by atoms with Crippen molar-refractivity contribution >= 4 is 16.0 Å². The lowest BCUT2D eigenvalue weighted by Crippen LogP contribution is -2.48. The lowest BCUT2D eigenvalue weighted by Gasteiger charge is -2.32. The Bertz CT molecular complexity index is 596. The topological polar surface area (TPSA) is 72.9 Å². The van der Waals surface area contributed by atoms with Crippen LogP contribution in [-0.4, -0.2) is 45.5 Å². The number of esters is 1. The molecule has 1 aromatic carbocycles. The van der Waals surface area contributed by atoms with Crippen LogP contribution in [0.15, 0.2) is 29.2 Å². The number of hydrogen-bond acceptors (Lipinski definition) is 5. The summed E-state index contributed by atoms with van der Waals surface area (Å²) in [6.07, 6.45) is 2.04. The second-order valence-corrected chi connectivity index (χ2v) is 6.72. The van der Waals surface area contributed by atoms with Gasteiger partial charge in [0.1, 0.15) is 11.8 Å². The molecule has 1 aliphatic heterocycles. The Hall–Kier alpha value is -1.60. The fraction of sp³-hybridized carbons (Fsp3) is 0.500. The fourth-order valence-corrected chi connectivity index (χ4v) is 4.09. The van der Waals surface area contributed by atoms with Crippen molar-refractivity contribution in [3.05, 3.63) is 24.3 Å². The first-order chi connectivity index (χ1) is 10.0. The van der Waals surface area contributed by atoms with Crippen molar-refractivity contribution < 1.29 is 22.7 Å². The minimum absolute atomic E-state index is 0.152.